The molecule has 0 atom stereocenters. The van der Waals surface area contributed by atoms with Crippen molar-refractivity contribution in [3.05, 3.63) is 59.9 Å². The minimum absolute atomic E-state index is 0.100. The second-order valence-electron chi connectivity index (χ2n) is 8.36. The number of nitrogens with zero attached hydrogens (tertiary/aromatic N) is 2. The van der Waals surface area contributed by atoms with E-state index in [1.165, 1.54) is 11.1 Å². The summed E-state index contributed by atoms with van der Waals surface area (Å²) in [4.78, 5) is 4.84. The van der Waals surface area contributed by atoms with E-state index in [0.29, 0.717) is 0 Å². The molecule has 2 aromatic heterocycles. The van der Waals surface area contributed by atoms with Gasteiger partial charge in [0.1, 0.15) is 5.65 Å². The average Bonchev–Trinajstić information content (AvgIpc) is 2.88. The lowest BCUT2D eigenvalue weighted by Crippen LogP contribution is -2.22. The molecule has 3 aromatic rings. The maximum absolute atomic E-state index is 4.84. The van der Waals surface area contributed by atoms with Gasteiger partial charge in [0, 0.05) is 18.0 Å². The molecule has 3 rings (SSSR count). The van der Waals surface area contributed by atoms with Crippen molar-refractivity contribution in [2.45, 2.75) is 52.4 Å². The number of imidazole rings is 1. The lowest BCUT2D eigenvalue weighted by molar-refractivity contribution is 0.527. The van der Waals surface area contributed by atoms with Crippen LogP contribution in [0.4, 0.5) is 0 Å². The van der Waals surface area contributed by atoms with Crippen molar-refractivity contribution in [3.63, 3.8) is 0 Å². The van der Waals surface area contributed by atoms with E-state index >= 15 is 0 Å². The molecule has 0 saturated carbocycles. The molecule has 0 aliphatic carbocycles. The van der Waals surface area contributed by atoms with Crippen molar-refractivity contribution >= 4 is 5.65 Å². The Morgan fingerprint density at radius 2 is 1.39 bits per heavy atom. The van der Waals surface area contributed by atoms with E-state index in [-0.39, 0.29) is 10.8 Å². The predicted octanol–water partition coefficient (Wildman–Crippen LogP) is 5.60. The zero-order chi connectivity index (χ0) is 16.8. The first-order valence-electron chi connectivity index (χ1n) is 8.25. The van der Waals surface area contributed by atoms with Crippen LogP contribution >= 0.6 is 0 Å². The highest BCUT2D eigenvalue weighted by molar-refractivity contribution is 5.63. The molecule has 1 aromatic carbocycles. The van der Waals surface area contributed by atoms with Gasteiger partial charge in [0.05, 0.1) is 5.69 Å². The van der Waals surface area contributed by atoms with E-state index in [0.717, 1.165) is 16.9 Å². The SMILES string of the molecule is CC(C)(C)c1cc2nc(-c3ccccc3)cn2cc1C(C)(C)C. The zero-order valence-corrected chi connectivity index (χ0v) is 15.0. The molecule has 23 heavy (non-hydrogen) atoms. The van der Waals surface area contributed by atoms with Crippen molar-refractivity contribution < 1.29 is 0 Å². The fraction of sp³-hybridized carbons (Fsp3) is 0.381. The first-order chi connectivity index (χ1) is 10.7. The standard InChI is InChI=1S/C21H26N2/c1-20(2,3)16-12-19-22-18(15-10-8-7-9-11-15)14-23(19)13-17(16)21(4,5)6/h7-14H,1-6H3. The summed E-state index contributed by atoms with van der Waals surface area (Å²) in [6.45, 7) is 13.6. The highest BCUT2D eigenvalue weighted by Crippen LogP contribution is 2.35. The molecule has 0 unspecified atom stereocenters. The number of rotatable bonds is 1. The number of hydrogen-bond acceptors (Lipinski definition) is 1. The Kier molecular flexibility index (Phi) is 3.59. The Bertz CT molecular complexity index is 777. The highest BCUT2D eigenvalue weighted by Gasteiger charge is 2.26. The molecule has 2 heterocycles. The van der Waals surface area contributed by atoms with E-state index in [9.17, 15) is 0 Å². The molecule has 0 saturated heterocycles. The summed E-state index contributed by atoms with van der Waals surface area (Å²) in [7, 11) is 0. The predicted molar refractivity (Wildman–Crippen MR) is 98.0 cm³/mol. The lowest BCUT2D eigenvalue weighted by atomic mass is 9.76. The Balaban J connectivity index is 2.24. The van der Waals surface area contributed by atoms with Gasteiger partial charge in [-0.05, 0) is 28.0 Å². The fourth-order valence-corrected chi connectivity index (χ4v) is 3.00. The van der Waals surface area contributed by atoms with Crippen molar-refractivity contribution in [1.82, 2.24) is 9.38 Å². The third kappa shape index (κ3) is 3.03. The second-order valence-corrected chi connectivity index (χ2v) is 8.36. The van der Waals surface area contributed by atoms with Gasteiger partial charge in [-0.15, -0.1) is 0 Å². The Morgan fingerprint density at radius 3 is 1.96 bits per heavy atom. The number of hydrogen-bond donors (Lipinski definition) is 0. The van der Waals surface area contributed by atoms with Gasteiger partial charge in [-0.25, -0.2) is 4.98 Å². The van der Waals surface area contributed by atoms with E-state index in [1.807, 2.05) is 6.07 Å². The van der Waals surface area contributed by atoms with E-state index in [2.05, 4.69) is 88.7 Å². The van der Waals surface area contributed by atoms with E-state index in [1.54, 1.807) is 0 Å². The molecule has 0 N–H and O–H groups in total. The van der Waals surface area contributed by atoms with Gasteiger partial charge in [0.15, 0.2) is 0 Å². The van der Waals surface area contributed by atoms with Gasteiger partial charge in [-0.3, -0.25) is 0 Å². The van der Waals surface area contributed by atoms with Gasteiger partial charge in [-0.1, -0.05) is 71.9 Å². The van der Waals surface area contributed by atoms with Crippen LogP contribution in [0.3, 0.4) is 0 Å². The number of fused-ring (bicyclic) bond motifs is 1. The first-order valence-corrected chi connectivity index (χ1v) is 8.25. The fourth-order valence-electron chi connectivity index (χ4n) is 3.00. The van der Waals surface area contributed by atoms with E-state index in [4.69, 9.17) is 4.98 Å². The topological polar surface area (TPSA) is 17.3 Å². The summed E-state index contributed by atoms with van der Waals surface area (Å²) < 4.78 is 2.16. The van der Waals surface area contributed by atoms with Gasteiger partial charge in [-0.2, -0.15) is 0 Å². The summed E-state index contributed by atoms with van der Waals surface area (Å²) in [5.41, 5.74) is 6.17. The Labute approximate surface area is 139 Å². The Hall–Kier alpha value is -2.09. The first kappa shape index (κ1) is 15.8. The van der Waals surface area contributed by atoms with Crippen molar-refractivity contribution in [2.24, 2.45) is 0 Å². The van der Waals surface area contributed by atoms with Crippen LogP contribution in [-0.2, 0) is 10.8 Å². The third-order valence-electron chi connectivity index (χ3n) is 4.28. The highest BCUT2D eigenvalue weighted by atomic mass is 15.0. The monoisotopic (exact) mass is 306 g/mol. The maximum atomic E-state index is 4.84. The third-order valence-corrected chi connectivity index (χ3v) is 4.28. The summed E-state index contributed by atoms with van der Waals surface area (Å²) in [6.07, 6.45) is 4.39. The van der Waals surface area contributed by atoms with Crippen LogP contribution in [0.5, 0.6) is 0 Å². The van der Waals surface area contributed by atoms with Crippen LogP contribution in [0.1, 0.15) is 52.7 Å². The van der Waals surface area contributed by atoms with Gasteiger partial charge >= 0.3 is 0 Å². The molecular weight excluding hydrogens is 280 g/mol. The molecule has 0 aliphatic heterocycles. The van der Waals surface area contributed by atoms with Crippen LogP contribution in [0.15, 0.2) is 48.8 Å². The molecule has 0 bridgehead atoms. The van der Waals surface area contributed by atoms with E-state index < -0.39 is 0 Å². The van der Waals surface area contributed by atoms with Gasteiger partial charge in [0.2, 0.25) is 0 Å². The summed E-state index contributed by atoms with van der Waals surface area (Å²) in [6, 6.07) is 12.6. The number of pyridine rings is 1. The van der Waals surface area contributed by atoms with Crippen molar-refractivity contribution in [1.29, 1.82) is 0 Å². The average molecular weight is 306 g/mol. The minimum atomic E-state index is 0.100. The van der Waals surface area contributed by atoms with Crippen molar-refractivity contribution in [2.75, 3.05) is 0 Å². The molecule has 2 nitrogen and oxygen atoms in total. The number of benzene rings is 1. The minimum Gasteiger partial charge on any atom is -0.306 e. The smallest absolute Gasteiger partial charge is 0.137 e. The molecule has 0 aliphatic rings. The largest absolute Gasteiger partial charge is 0.306 e. The Morgan fingerprint density at radius 1 is 0.783 bits per heavy atom. The lowest BCUT2D eigenvalue weighted by Gasteiger charge is -2.30. The van der Waals surface area contributed by atoms with Crippen LogP contribution in [0.25, 0.3) is 16.9 Å². The molecule has 2 heteroatoms. The molecule has 0 spiro atoms. The molecule has 0 radical (unpaired) electrons. The maximum Gasteiger partial charge on any atom is 0.137 e. The second kappa shape index (κ2) is 5.23. The van der Waals surface area contributed by atoms with Crippen LogP contribution in [0, 0.1) is 0 Å². The molecule has 0 amide bonds. The quantitative estimate of drug-likeness (QED) is 0.572. The van der Waals surface area contributed by atoms with Crippen LogP contribution < -0.4 is 0 Å². The van der Waals surface area contributed by atoms with Crippen molar-refractivity contribution in [3.8, 4) is 11.3 Å². The van der Waals surface area contributed by atoms with Gasteiger partial charge in [0.25, 0.3) is 0 Å². The molecular formula is C21H26N2. The number of aromatic nitrogens is 2. The summed E-state index contributed by atoms with van der Waals surface area (Å²) in [5, 5.41) is 0. The molecule has 120 valence electrons. The molecule has 0 fully saturated rings. The summed E-state index contributed by atoms with van der Waals surface area (Å²) >= 11 is 0. The van der Waals surface area contributed by atoms with Gasteiger partial charge < -0.3 is 4.40 Å². The van der Waals surface area contributed by atoms with Crippen LogP contribution in [0.2, 0.25) is 0 Å². The zero-order valence-electron chi connectivity index (χ0n) is 15.0. The van der Waals surface area contributed by atoms with Crippen LogP contribution in [-0.4, -0.2) is 9.38 Å². The normalized spacial score (nSPS) is 12.8. The summed E-state index contributed by atoms with van der Waals surface area (Å²) in [5.74, 6) is 0.